The molecule has 1 aromatic carbocycles. The molecule has 1 aliphatic heterocycles. The van der Waals surface area contributed by atoms with Gasteiger partial charge in [-0.3, -0.25) is 4.79 Å². The third-order valence-corrected chi connectivity index (χ3v) is 6.77. The van der Waals surface area contributed by atoms with E-state index in [0.717, 1.165) is 26.7 Å². The van der Waals surface area contributed by atoms with Gasteiger partial charge < -0.3 is 20.1 Å². The van der Waals surface area contributed by atoms with E-state index in [2.05, 4.69) is 20.6 Å². The summed E-state index contributed by atoms with van der Waals surface area (Å²) in [4.78, 5) is 26.2. The summed E-state index contributed by atoms with van der Waals surface area (Å²) >= 11 is 7.43. The van der Waals surface area contributed by atoms with Crippen molar-refractivity contribution in [2.75, 3.05) is 25.1 Å². The van der Waals surface area contributed by atoms with Gasteiger partial charge in [-0.25, -0.2) is 14.4 Å². The third-order valence-electron chi connectivity index (χ3n) is 5.43. The molecule has 1 atom stereocenters. The van der Waals surface area contributed by atoms with E-state index in [0.29, 0.717) is 28.4 Å². The average molecular weight is 502 g/mol. The van der Waals surface area contributed by atoms with Crippen molar-refractivity contribution < 1.29 is 18.7 Å². The molecule has 176 valence electrons. The molecular weight excluding hydrogens is 481 g/mol. The molecule has 0 radical (unpaired) electrons. The van der Waals surface area contributed by atoms with E-state index in [1.54, 1.807) is 0 Å². The van der Waals surface area contributed by atoms with Gasteiger partial charge in [-0.15, -0.1) is 11.3 Å². The van der Waals surface area contributed by atoms with Crippen LogP contribution in [0.25, 0.3) is 21.0 Å². The largest absolute Gasteiger partial charge is 0.420 e. The highest BCUT2D eigenvalue weighted by Gasteiger charge is 2.25. The first kappa shape index (κ1) is 22.7. The maximum Gasteiger partial charge on any atom is 0.263 e. The summed E-state index contributed by atoms with van der Waals surface area (Å²) in [6, 6.07) is 5.88. The van der Waals surface area contributed by atoms with Gasteiger partial charge in [-0.2, -0.15) is 4.98 Å². The SMILES string of the molecule is Cc1cc2c(ccc3sc4c(c32)NC[C@@H](C)NC4=O)nc1Oc1nc(Cl)ncc1COCCF. The van der Waals surface area contributed by atoms with E-state index in [9.17, 15) is 9.18 Å². The molecule has 0 spiro atoms. The van der Waals surface area contributed by atoms with E-state index in [1.165, 1.54) is 17.5 Å². The molecule has 1 aliphatic rings. The molecule has 4 heterocycles. The number of benzene rings is 1. The van der Waals surface area contributed by atoms with Gasteiger partial charge in [0.1, 0.15) is 11.6 Å². The monoisotopic (exact) mass is 501 g/mol. The minimum Gasteiger partial charge on any atom is -0.420 e. The molecule has 0 unspecified atom stereocenters. The predicted octanol–water partition coefficient (Wildman–Crippen LogP) is 5.02. The number of fused-ring (bicyclic) bond motifs is 5. The van der Waals surface area contributed by atoms with Crippen LogP contribution in [0.1, 0.15) is 27.7 Å². The number of hydrogen-bond donors (Lipinski definition) is 2. The average Bonchev–Trinajstić information content (AvgIpc) is 3.12. The molecular formula is C23H21ClFN5O3S. The number of rotatable bonds is 6. The molecule has 3 aromatic heterocycles. The zero-order valence-corrected chi connectivity index (χ0v) is 20.0. The topological polar surface area (TPSA) is 98.3 Å². The number of aryl methyl sites for hydroxylation is 1. The first-order chi connectivity index (χ1) is 16.4. The number of nitrogens with one attached hydrogen (secondary N) is 2. The van der Waals surface area contributed by atoms with Gasteiger partial charge in [0.15, 0.2) is 0 Å². The van der Waals surface area contributed by atoms with Gasteiger partial charge in [-0.05, 0) is 43.6 Å². The Kier molecular flexibility index (Phi) is 6.20. The van der Waals surface area contributed by atoms with Crippen LogP contribution in [0, 0.1) is 6.92 Å². The number of alkyl halides is 1. The van der Waals surface area contributed by atoms with E-state index in [4.69, 9.17) is 26.1 Å². The molecule has 5 rings (SSSR count). The first-order valence-corrected chi connectivity index (χ1v) is 11.9. The van der Waals surface area contributed by atoms with Gasteiger partial charge in [0, 0.05) is 39.8 Å². The number of ether oxygens (including phenoxy) is 2. The van der Waals surface area contributed by atoms with E-state index in [1.807, 2.05) is 32.0 Å². The van der Waals surface area contributed by atoms with E-state index >= 15 is 0 Å². The van der Waals surface area contributed by atoms with E-state index in [-0.39, 0.29) is 36.3 Å². The molecule has 0 aliphatic carbocycles. The molecule has 0 saturated heterocycles. The summed E-state index contributed by atoms with van der Waals surface area (Å²) in [5, 5.41) is 8.33. The second kappa shape index (κ2) is 9.28. The third kappa shape index (κ3) is 4.24. The zero-order chi connectivity index (χ0) is 23.8. The molecule has 0 fully saturated rings. The highest BCUT2D eigenvalue weighted by molar-refractivity contribution is 7.21. The number of halogens is 2. The summed E-state index contributed by atoms with van der Waals surface area (Å²) in [7, 11) is 0. The van der Waals surface area contributed by atoms with Gasteiger partial charge >= 0.3 is 0 Å². The number of aromatic nitrogens is 3. The maximum atomic E-state index is 12.7. The number of anilines is 1. The zero-order valence-electron chi connectivity index (χ0n) is 18.4. The molecule has 1 amide bonds. The summed E-state index contributed by atoms with van der Waals surface area (Å²) in [5.74, 6) is 0.482. The smallest absolute Gasteiger partial charge is 0.263 e. The summed E-state index contributed by atoms with van der Waals surface area (Å²) in [6.45, 7) is 3.93. The fourth-order valence-electron chi connectivity index (χ4n) is 3.84. The Balaban J connectivity index is 1.57. The molecule has 34 heavy (non-hydrogen) atoms. The fraction of sp³-hybridized carbons (Fsp3) is 0.304. The highest BCUT2D eigenvalue weighted by atomic mass is 35.5. The highest BCUT2D eigenvalue weighted by Crippen LogP contribution is 2.42. The molecule has 11 heteroatoms. The van der Waals surface area contributed by atoms with Gasteiger partial charge in [0.05, 0.1) is 30.0 Å². The number of pyridine rings is 1. The Hall–Kier alpha value is -3.08. The van der Waals surface area contributed by atoms with Crippen LogP contribution in [0.2, 0.25) is 5.28 Å². The van der Waals surface area contributed by atoms with Crippen molar-refractivity contribution in [2.45, 2.75) is 26.5 Å². The van der Waals surface area contributed by atoms with E-state index < -0.39 is 6.67 Å². The molecule has 0 saturated carbocycles. The maximum absolute atomic E-state index is 12.7. The lowest BCUT2D eigenvalue weighted by Gasteiger charge is -2.13. The normalized spacial score (nSPS) is 15.6. The van der Waals surface area contributed by atoms with Gasteiger partial charge in [-0.1, -0.05) is 0 Å². The Morgan fingerprint density at radius 3 is 2.97 bits per heavy atom. The van der Waals surface area contributed by atoms with Crippen LogP contribution in [-0.2, 0) is 11.3 Å². The van der Waals surface area contributed by atoms with Crippen molar-refractivity contribution >= 4 is 55.5 Å². The molecule has 0 bridgehead atoms. The molecule has 2 N–H and O–H groups in total. The van der Waals surface area contributed by atoms with Crippen molar-refractivity contribution in [3.05, 3.63) is 45.7 Å². The number of nitrogens with zero attached hydrogens (tertiary/aromatic N) is 3. The lowest BCUT2D eigenvalue weighted by atomic mass is 10.1. The van der Waals surface area contributed by atoms with Crippen molar-refractivity contribution in [1.82, 2.24) is 20.3 Å². The number of carbonyl (C=O) groups excluding carboxylic acids is 1. The Morgan fingerprint density at radius 2 is 2.15 bits per heavy atom. The standard InChI is InChI=1S/C23H21ClFN5O3S/c1-11-7-14-15(3-4-16-17(14)18-19(34-16)20(31)28-12(2)8-26-18)29-21(11)33-22-13(10-32-6-5-25)9-27-23(24)30-22/h3-4,7,9,12,26H,5-6,8,10H2,1-2H3,(H,28,31)/t12-/m1/s1. The van der Waals surface area contributed by atoms with Crippen molar-refractivity contribution in [1.29, 1.82) is 0 Å². The lowest BCUT2D eigenvalue weighted by molar-refractivity contribution is 0.0949. The summed E-state index contributed by atoms with van der Waals surface area (Å²) in [6.07, 6.45) is 1.49. The van der Waals surface area contributed by atoms with Crippen LogP contribution in [0.4, 0.5) is 10.1 Å². The summed E-state index contributed by atoms with van der Waals surface area (Å²) < 4.78 is 24.7. The first-order valence-electron chi connectivity index (χ1n) is 10.7. The van der Waals surface area contributed by atoms with Crippen LogP contribution in [0.5, 0.6) is 11.8 Å². The van der Waals surface area contributed by atoms with Gasteiger partial charge in [0.2, 0.25) is 17.0 Å². The predicted molar refractivity (Wildman–Crippen MR) is 130 cm³/mol. The molecule has 8 nitrogen and oxygen atoms in total. The Labute approximate surface area is 203 Å². The number of amides is 1. The molecule has 4 aromatic rings. The second-order valence-electron chi connectivity index (χ2n) is 7.99. The lowest BCUT2D eigenvalue weighted by Crippen LogP contribution is -2.34. The van der Waals surface area contributed by atoms with Crippen LogP contribution in [-0.4, -0.2) is 46.7 Å². The summed E-state index contributed by atoms with van der Waals surface area (Å²) in [5.41, 5.74) is 2.85. The van der Waals surface area contributed by atoms with Crippen LogP contribution < -0.4 is 15.4 Å². The quantitative estimate of drug-likeness (QED) is 0.282. The number of carbonyl (C=O) groups is 1. The minimum atomic E-state index is -0.591. The second-order valence-corrected chi connectivity index (χ2v) is 9.38. The van der Waals surface area contributed by atoms with Crippen molar-refractivity contribution in [3.63, 3.8) is 0 Å². The van der Waals surface area contributed by atoms with Crippen LogP contribution in [0.15, 0.2) is 24.4 Å². The number of thiophene rings is 1. The minimum absolute atomic E-state index is 0.0175. The number of hydrogen-bond acceptors (Lipinski definition) is 8. The Morgan fingerprint density at radius 1 is 1.29 bits per heavy atom. The van der Waals surface area contributed by atoms with Crippen LogP contribution >= 0.6 is 22.9 Å². The van der Waals surface area contributed by atoms with Crippen molar-refractivity contribution in [3.8, 4) is 11.8 Å². The fourth-order valence-corrected chi connectivity index (χ4v) is 5.06. The van der Waals surface area contributed by atoms with Crippen molar-refractivity contribution in [2.24, 2.45) is 0 Å². The van der Waals surface area contributed by atoms with Gasteiger partial charge in [0.25, 0.3) is 5.91 Å². The van der Waals surface area contributed by atoms with Crippen LogP contribution in [0.3, 0.4) is 0 Å². The Bertz CT molecular complexity index is 1410.